The van der Waals surface area contributed by atoms with Crippen LogP contribution in [-0.2, 0) is 11.8 Å². The monoisotopic (exact) mass is 306 g/mol. The standard InChI is InChI=1S/C16H26N4O2/c1-11-9-15(18(3)17-11)20-8-6-14(16(20)22)19-7-4-5-13(19)10-12(2)21/h9,12-14,21H,4-8,10H2,1-3H3. The largest absolute Gasteiger partial charge is 0.393 e. The third-order valence-electron chi connectivity index (χ3n) is 4.87. The molecule has 122 valence electrons. The first-order valence-corrected chi connectivity index (χ1v) is 8.23. The van der Waals surface area contributed by atoms with E-state index in [1.165, 1.54) is 0 Å². The van der Waals surface area contributed by atoms with Crippen LogP contribution >= 0.6 is 0 Å². The lowest BCUT2D eigenvalue weighted by Crippen LogP contribution is -2.45. The van der Waals surface area contributed by atoms with Gasteiger partial charge < -0.3 is 5.11 Å². The average molecular weight is 306 g/mol. The fourth-order valence-corrected chi connectivity index (χ4v) is 3.96. The number of hydrogen-bond acceptors (Lipinski definition) is 4. The minimum atomic E-state index is -0.307. The van der Waals surface area contributed by atoms with Gasteiger partial charge in [-0.1, -0.05) is 0 Å². The summed E-state index contributed by atoms with van der Waals surface area (Å²) in [7, 11) is 1.88. The molecule has 3 atom stereocenters. The van der Waals surface area contributed by atoms with Gasteiger partial charge >= 0.3 is 0 Å². The highest BCUT2D eigenvalue weighted by atomic mass is 16.3. The van der Waals surface area contributed by atoms with Crippen LogP contribution in [-0.4, -0.2) is 57.0 Å². The molecule has 2 aliphatic rings. The zero-order valence-corrected chi connectivity index (χ0v) is 13.7. The molecule has 6 nitrogen and oxygen atoms in total. The molecule has 2 fully saturated rings. The molecule has 1 amide bonds. The smallest absolute Gasteiger partial charge is 0.245 e. The summed E-state index contributed by atoms with van der Waals surface area (Å²) >= 11 is 0. The molecule has 0 radical (unpaired) electrons. The van der Waals surface area contributed by atoms with Crippen molar-refractivity contribution in [2.75, 3.05) is 18.0 Å². The van der Waals surface area contributed by atoms with Crippen LogP contribution in [0.5, 0.6) is 0 Å². The molecular weight excluding hydrogens is 280 g/mol. The molecule has 1 aromatic rings. The Labute approximate surface area is 131 Å². The van der Waals surface area contributed by atoms with Crippen molar-refractivity contribution >= 4 is 11.7 Å². The van der Waals surface area contributed by atoms with Crippen LogP contribution < -0.4 is 4.90 Å². The third-order valence-corrected chi connectivity index (χ3v) is 4.87. The van der Waals surface area contributed by atoms with Crippen molar-refractivity contribution in [1.29, 1.82) is 0 Å². The van der Waals surface area contributed by atoms with Crippen LogP contribution in [0.15, 0.2) is 6.07 Å². The SMILES string of the molecule is Cc1cc(N2CCC(N3CCCC3CC(C)O)C2=O)n(C)n1. The molecule has 0 aliphatic carbocycles. The van der Waals surface area contributed by atoms with E-state index in [2.05, 4.69) is 10.00 Å². The van der Waals surface area contributed by atoms with Gasteiger partial charge in [-0.25, -0.2) is 0 Å². The minimum Gasteiger partial charge on any atom is -0.393 e. The number of anilines is 1. The number of aliphatic hydroxyl groups excluding tert-OH is 1. The summed E-state index contributed by atoms with van der Waals surface area (Å²) in [4.78, 5) is 17.0. The number of amides is 1. The van der Waals surface area contributed by atoms with E-state index in [0.29, 0.717) is 6.04 Å². The minimum absolute atomic E-state index is 0.0403. The van der Waals surface area contributed by atoms with E-state index in [9.17, 15) is 9.90 Å². The maximum absolute atomic E-state index is 12.9. The summed E-state index contributed by atoms with van der Waals surface area (Å²) in [5.41, 5.74) is 0.932. The van der Waals surface area contributed by atoms with Gasteiger partial charge in [-0.2, -0.15) is 5.10 Å². The summed E-state index contributed by atoms with van der Waals surface area (Å²) in [6.45, 7) is 5.49. The quantitative estimate of drug-likeness (QED) is 0.904. The number of aromatic nitrogens is 2. The summed E-state index contributed by atoms with van der Waals surface area (Å²) in [5, 5.41) is 14.0. The average Bonchev–Trinajstić information content (AvgIpc) is 3.09. The number of nitrogens with zero attached hydrogens (tertiary/aromatic N) is 4. The molecule has 6 heteroatoms. The Balaban J connectivity index is 1.74. The summed E-state index contributed by atoms with van der Waals surface area (Å²) in [6.07, 6.45) is 3.51. The molecule has 2 aliphatic heterocycles. The predicted molar refractivity (Wildman–Crippen MR) is 84.7 cm³/mol. The topological polar surface area (TPSA) is 61.6 Å². The number of carbonyl (C=O) groups is 1. The van der Waals surface area contributed by atoms with Gasteiger partial charge in [0.05, 0.1) is 17.8 Å². The summed E-state index contributed by atoms with van der Waals surface area (Å²) in [5.74, 6) is 1.07. The Morgan fingerprint density at radius 1 is 1.41 bits per heavy atom. The Morgan fingerprint density at radius 2 is 2.18 bits per heavy atom. The zero-order valence-electron chi connectivity index (χ0n) is 13.7. The lowest BCUT2D eigenvalue weighted by molar-refractivity contribution is -0.122. The second-order valence-electron chi connectivity index (χ2n) is 6.68. The summed E-state index contributed by atoms with van der Waals surface area (Å²) in [6, 6.07) is 2.26. The number of aryl methyl sites for hydroxylation is 2. The van der Waals surface area contributed by atoms with Crippen molar-refractivity contribution in [3.05, 3.63) is 11.8 Å². The van der Waals surface area contributed by atoms with E-state index in [1.54, 1.807) is 4.68 Å². The maximum atomic E-state index is 12.9. The van der Waals surface area contributed by atoms with E-state index < -0.39 is 0 Å². The van der Waals surface area contributed by atoms with Gasteiger partial charge in [0.1, 0.15) is 5.82 Å². The molecular formula is C16H26N4O2. The highest BCUT2D eigenvalue weighted by molar-refractivity contribution is 5.98. The fourth-order valence-electron chi connectivity index (χ4n) is 3.96. The van der Waals surface area contributed by atoms with E-state index in [4.69, 9.17) is 0 Å². The van der Waals surface area contributed by atoms with Crippen LogP contribution in [0.3, 0.4) is 0 Å². The van der Waals surface area contributed by atoms with Crippen molar-refractivity contribution in [1.82, 2.24) is 14.7 Å². The second-order valence-corrected chi connectivity index (χ2v) is 6.68. The molecule has 3 heterocycles. The van der Waals surface area contributed by atoms with Crippen molar-refractivity contribution < 1.29 is 9.90 Å². The van der Waals surface area contributed by atoms with Crippen LogP contribution in [0, 0.1) is 6.92 Å². The lowest BCUT2D eigenvalue weighted by Gasteiger charge is -2.30. The van der Waals surface area contributed by atoms with Crippen molar-refractivity contribution in [3.8, 4) is 0 Å². The van der Waals surface area contributed by atoms with Gasteiger partial charge in [-0.05, 0) is 46.1 Å². The normalized spacial score (nSPS) is 27.8. The molecule has 0 spiro atoms. The second kappa shape index (κ2) is 6.01. The molecule has 0 bridgehead atoms. The number of likely N-dealkylation sites (tertiary alicyclic amines) is 1. The van der Waals surface area contributed by atoms with Crippen molar-refractivity contribution in [2.45, 2.75) is 57.7 Å². The number of carbonyl (C=O) groups excluding carboxylic acids is 1. The maximum Gasteiger partial charge on any atom is 0.245 e. The predicted octanol–water partition coefficient (Wildman–Crippen LogP) is 1.07. The third kappa shape index (κ3) is 2.77. The molecule has 0 saturated carbocycles. The zero-order chi connectivity index (χ0) is 15.9. The molecule has 2 saturated heterocycles. The first kappa shape index (κ1) is 15.5. The molecule has 1 N–H and O–H groups in total. The molecule has 3 unspecified atom stereocenters. The van der Waals surface area contributed by atoms with E-state index >= 15 is 0 Å². The van der Waals surface area contributed by atoms with Crippen LogP contribution in [0.1, 0.15) is 38.3 Å². The number of rotatable bonds is 4. The Morgan fingerprint density at radius 3 is 2.82 bits per heavy atom. The molecule has 3 rings (SSSR count). The van der Waals surface area contributed by atoms with Crippen LogP contribution in [0.4, 0.5) is 5.82 Å². The van der Waals surface area contributed by atoms with E-state index in [-0.39, 0.29) is 18.1 Å². The van der Waals surface area contributed by atoms with Gasteiger partial charge in [-0.15, -0.1) is 0 Å². The molecule has 22 heavy (non-hydrogen) atoms. The van der Waals surface area contributed by atoms with Crippen LogP contribution in [0.2, 0.25) is 0 Å². The van der Waals surface area contributed by atoms with E-state index in [0.717, 1.165) is 50.3 Å². The highest BCUT2D eigenvalue weighted by Gasteiger charge is 2.42. The molecule has 1 aromatic heterocycles. The van der Waals surface area contributed by atoms with Crippen molar-refractivity contribution in [3.63, 3.8) is 0 Å². The highest BCUT2D eigenvalue weighted by Crippen LogP contribution is 2.31. The Bertz CT molecular complexity index is 554. The van der Waals surface area contributed by atoms with Gasteiger partial charge in [-0.3, -0.25) is 19.3 Å². The van der Waals surface area contributed by atoms with Gasteiger partial charge in [0.2, 0.25) is 5.91 Å². The fraction of sp³-hybridized carbons (Fsp3) is 0.750. The van der Waals surface area contributed by atoms with E-state index in [1.807, 2.05) is 31.9 Å². The Kier molecular flexibility index (Phi) is 4.23. The Hall–Kier alpha value is -1.40. The van der Waals surface area contributed by atoms with Crippen LogP contribution in [0.25, 0.3) is 0 Å². The lowest BCUT2D eigenvalue weighted by atomic mass is 10.1. The van der Waals surface area contributed by atoms with Crippen molar-refractivity contribution in [2.24, 2.45) is 7.05 Å². The van der Waals surface area contributed by atoms with Gasteiger partial charge in [0.15, 0.2) is 0 Å². The number of aliphatic hydroxyl groups is 1. The van der Waals surface area contributed by atoms with Gasteiger partial charge in [0.25, 0.3) is 0 Å². The summed E-state index contributed by atoms with van der Waals surface area (Å²) < 4.78 is 1.78. The first-order valence-electron chi connectivity index (χ1n) is 8.23. The number of hydrogen-bond donors (Lipinski definition) is 1. The molecule has 0 aromatic carbocycles. The first-order chi connectivity index (χ1) is 10.5. The van der Waals surface area contributed by atoms with Gasteiger partial charge in [0, 0.05) is 25.7 Å².